The second-order valence-corrected chi connectivity index (χ2v) is 10.6. The minimum atomic E-state index is -3.58. The third-order valence-corrected chi connectivity index (χ3v) is 8.31. The van der Waals surface area contributed by atoms with E-state index in [-0.39, 0.29) is 22.8 Å². The largest absolute Gasteiger partial charge is 0.497 e. The molecule has 2 fully saturated rings. The van der Waals surface area contributed by atoms with Crippen LogP contribution in [0.2, 0.25) is 5.02 Å². The molecular weight excluding hydrogens is 436 g/mol. The van der Waals surface area contributed by atoms with Crippen LogP contribution in [-0.4, -0.2) is 38.8 Å². The molecule has 1 heterocycles. The molecule has 4 rings (SSSR count). The van der Waals surface area contributed by atoms with Gasteiger partial charge in [-0.15, -0.1) is 0 Å². The third kappa shape index (κ3) is 5.05. The number of rotatable bonds is 7. The first kappa shape index (κ1) is 22.1. The summed E-state index contributed by atoms with van der Waals surface area (Å²) in [5, 5.41) is 3.89. The maximum atomic E-state index is 13.0. The summed E-state index contributed by atoms with van der Waals surface area (Å²) in [5.41, 5.74) is 1.07. The van der Waals surface area contributed by atoms with Gasteiger partial charge in [-0.3, -0.25) is 4.79 Å². The van der Waals surface area contributed by atoms with Crippen LogP contribution in [0.5, 0.6) is 5.75 Å². The molecule has 2 aromatic rings. The Kier molecular flexibility index (Phi) is 6.55. The van der Waals surface area contributed by atoms with Gasteiger partial charge in [0.1, 0.15) is 5.75 Å². The van der Waals surface area contributed by atoms with Gasteiger partial charge in [-0.1, -0.05) is 23.7 Å². The van der Waals surface area contributed by atoms with Crippen molar-refractivity contribution in [2.45, 2.75) is 36.6 Å². The molecule has 0 spiro atoms. The van der Waals surface area contributed by atoms with E-state index >= 15 is 0 Å². The highest BCUT2D eigenvalue weighted by Gasteiger charge is 2.37. The predicted molar refractivity (Wildman–Crippen MR) is 120 cm³/mol. The van der Waals surface area contributed by atoms with Crippen LogP contribution in [0.3, 0.4) is 0 Å². The van der Waals surface area contributed by atoms with Crippen LogP contribution >= 0.6 is 11.6 Å². The van der Waals surface area contributed by atoms with Gasteiger partial charge < -0.3 is 10.1 Å². The van der Waals surface area contributed by atoms with Gasteiger partial charge in [0.25, 0.3) is 0 Å². The second kappa shape index (κ2) is 9.18. The summed E-state index contributed by atoms with van der Waals surface area (Å²) in [6.07, 6.45) is 3.23. The smallest absolute Gasteiger partial charge is 0.243 e. The van der Waals surface area contributed by atoms with E-state index in [1.54, 1.807) is 31.4 Å². The number of carbonyl (C=O) groups excluding carboxylic acids is 1. The van der Waals surface area contributed by atoms with E-state index in [4.69, 9.17) is 16.3 Å². The average molecular weight is 463 g/mol. The fraction of sp³-hybridized carbons (Fsp3) is 0.435. The molecule has 2 aromatic carbocycles. The summed E-state index contributed by atoms with van der Waals surface area (Å²) in [6.45, 7) is 0.670. The number of halogens is 1. The molecule has 1 saturated heterocycles. The van der Waals surface area contributed by atoms with E-state index < -0.39 is 10.0 Å². The van der Waals surface area contributed by atoms with Gasteiger partial charge >= 0.3 is 0 Å². The number of ether oxygens (including phenoxy) is 1. The first-order valence-electron chi connectivity index (χ1n) is 10.6. The maximum Gasteiger partial charge on any atom is 0.243 e. The van der Waals surface area contributed by atoms with Gasteiger partial charge in [0.05, 0.1) is 18.0 Å². The normalized spacial score (nSPS) is 19.0. The summed E-state index contributed by atoms with van der Waals surface area (Å²) in [4.78, 5) is 13.2. The highest BCUT2D eigenvalue weighted by molar-refractivity contribution is 7.89. The Balaban J connectivity index is 1.37. The summed E-state index contributed by atoms with van der Waals surface area (Å²) < 4.78 is 32.4. The van der Waals surface area contributed by atoms with Gasteiger partial charge in [0.15, 0.2) is 0 Å². The van der Waals surface area contributed by atoms with Crippen LogP contribution in [0.1, 0.15) is 37.3 Å². The fourth-order valence-corrected chi connectivity index (χ4v) is 5.69. The van der Waals surface area contributed by atoms with E-state index in [1.807, 2.05) is 24.3 Å². The van der Waals surface area contributed by atoms with Crippen LogP contribution in [0.4, 0.5) is 0 Å². The Hall–Kier alpha value is -2.09. The summed E-state index contributed by atoms with van der Waals surface area (Å²) in [6, 6.07) is 14.0. The molecule has 6 nitrogen and oxygen atoms in total. The topological polar surface area (TPSA) is 75.7 Å². The lowest BCUT2D eigenvalue weighted by Gasteiger charge is -2.31. The highest BCUT2D eigenvalue weighted by atomic mass is 35.5. The highest BCUT2D eigenvalue weighted by Crippen LogP contribution is 2.41. The molecule has 0 bridgehead atoms. The zero-order valence-corrected chi connectivity index (χ0v) is 19.0. The summed E-state index contributed by atoms with van der Waals surface area (Å²) in [5.74, 6) is 0.894. The van der Waals surface area contributed by atoms with E-state index in [1.165, 1.54) is 4.31 Å². The molecule has 0 radical (unpaired) electrons. The molecule has 0 unspecified atom stereocenters. The molecule has 2 aliphatic rings. The van der Waals surface area contributed by atoms with Crippen LogP contribution in [0.15, 0.2) is 53.4 Å². The van der Waals surface area contributed by atoms with E-state index in [0.717, 1.165) is 18.4 Å². The average Bonchev–Trinajstić information content (AvgIpc) is 3.63. The quantitative estimate of drug-likeness (QED) is 0.674. The van der Waals surface area contributed by atoms with Gasteiger partial charge in [-0.2, -0.15) is 4.31 Å². The summed E-state index contributed by atoms with van der Waals surface area (Å²) >= 11 is 6.00. The number of nitrogens with zero attached hydrogens (tertiary/aromatic N) is 1. The number of piperidine rings is 1. The van der Waals surface area contributed by atoms with Gasteiger partial charge in [0.2, 0.25) is 15.9 Å². The Morgan fingerprint density at radius 2 is 1.65 bits per heavy atom. The SMILES string of the molecule is COc1ccc(S(=O)(=O)N2CCC(C(=O)N[C@@H](c3ccc(Cl)cc3)C3CC3)CC2)cc1. The molecular formula is C23H27ClN2O4S. The number of amides is 1. The van der Waals surface area contributed by atoms with Crippen molar-refractivity contribution in [3.8, 4) is 5.75 Å². The number of hydrogen-bond donors (Lipinski definition) is 1. The molecule has 1 amide bonds. The van der Waals surface area contributed by atoms with Crippen molar-refractivity contribution in [3.05, 3.63) is 59.1 Å². The molecule has 1 atom stereocenters. The van der Waals surface area contributed by atoms with Crippen molar-refractivity contribution in [1.29, 1.82) is 0 Å². The molecule has 31 heavy (non-hydrogen) atoms. The van der Waals surface area contributed by atoms with Crippen LogP contribution in [0, 0.1) is 11.8 Å². The number of sulfonamides is 1. The van der Waals surface area contributed by atoms with Crippen molar-refractivity contribution in [1.82, 2.24) is 9.62 Å². The molecule has 1 saturated carbocycles. The number of benzene rings is 2. The Morgan fingerprint density at radius 3 is 2.19 bits per heavy atom. The lowest BCUT2D eigenvalue weighted by Crippen LogP contribution is -2.43. The maximum absolute atomic E-state index is 13.0. The third-order valence-electron chi connectivity index (χ3n) is 6.14. The van der Waals surface area contributed by atoms with E-state index in [9.17, 15) is 13.2 Å². The van der Waals surface area contributed by atoms with Gasteiger partial charge in [-0.05, 0) is 73.6 Å². The first-order chi connectivity index (χ1) is 14.9. The number of carbonyl (C=O) groups is 1. The number of methoxy groups -OCH3 is 1. The molecule has 1 aliphatic heterocycles. The zero-order valence-electron chi connectivity index (χ0n) is 17.5. The minimum Gasteiger partial charge on any atom is -0.497 e. The van der Waals surface area contributed by atoms with Crippen molar-refractivity contribution in [2.75, 3.05) is 20.2 Å². The number of nitrogens with one attached hydrogen (secondary N) is 1. The zero-order chi connectivity index (χ0) is 22.0. The van der Waals surface area contributed by atoms with Crippen LogP contribution in [-0.2, 0) is 14.8 Å². The van der Waals surface area contributed by atoms with Crippen molar-refractivity contribution in [3.63, 3.8) is 0 Å². The lowest BCUT2D eigenvalue weighted by atomic mass is 9.95. The first-order valence-corrected chi connectivity index (χ1v) is 12.4. The molecule has 166 valence electrons. The monoisotopic (exact) mass is 462 g/mol. The second-order valence-electron chi connectivity index (χ2n) is 8.23. The van der Waals surface area contributed by atoms with E-state index in [2.05, 4.69) is 5.32 Å². The van der Waals surface area contributed by atoms with Crippen molar-refractivity contribution >= 4 is 27.5 Å². The Morgan fingerprint density at radius 1 is 1.03 bits per heavy atom. The lowest BCUT2D eigenvalue weighted by molar-refractivity contribution is -0.127. The number of hydrogen-bond acceptors (Lipinski definition) is 4. The molecule has 1 N–H and O–H groups in total. The van der Waals surface area contributed by atoms with Crippen molar-refractivity contribution in [2.24, 2.45) is 11.8 Å². The predicted octanol–water partition coefficient (Wildman–Crippen LogP) is 4.02. The molecule has 8 heteroatoms. The fourth-order valence-electron chi connectivity index (χ4n) is 4.10. The minimum absolute atomic E-state index is 0.00773. The molecule has 0 aromatic heterocycles. The standard InChI is InChI=1S/C23H27ClN2O4S/c1-30-20-8-10-21(11-9-20)31(28,29)26-14-12-18(13-15-26)23(27)25-22(16-2-3-16)17-4-6-19(24)7-5-17/h4-11,16,18,22H,2-3,12-15H2,1H3,(H,25,27)/t22-/m1/s1. The van der Waals surface area contributed by atoms with Crippen LogP contribution < -0.4 is 10.1 Å². The van der Waals surface area contributed by atoms with E-state index in [0.29, 0.717) is 42.6 Å². The van der Waals surface area contributed by atoms with Gasteiger partial charge in [-0.25, -0.2) is 8.42 Å². The Bertz CT molecular complexity index is 1010. The van der Waals surface area contributed by atoms with Crippen LogP contribution in [0.25, 0.3) is 0 Å². The van der Waals surface area contributed by atoms with Crippen molar-refractivity contribution < 1.29 is 17.9 Å². The Labute approximate surface area is 188 Å². The summed E-state index contributed by atoms with van der Waals surface area (Å²) in [7, 11) is -2.03. The van der Waals surface area contributed by atoms with Gasteiger partial charge in [0, 0.05) is 24.0 Å². The molecule has 1 aliphatic carbocycles.